The van der Waals surface area contributed by atoms with Crippen molar-refractivity contribution < 1.29 is 4.79 Å². The molecule has 0 radical (unpaired) electrons. The fraction of sp³-hybridized carbons (Fsp3) is 0.875. The third-order valence-corrected chi connectivity index (χ3v) is 2.26. The Morgan fingerprint density at radius 1 is 1.33 bits per heavy atom. The number of carbonyl (C=O) groups is 1. The van der Waals surface area contributed by atoms with Crippen molar-refractivity contribution in [3.05, 3.63) is 0 Å². The minimum atomic E-state index is 0.183. The molecule has 1 aliphatic heterocycles. The van der Waals surface area contributed by atoms with E-state index in [2.05, 4.69) is 4.90 Å². The number of amides is 1. The second-order valence-electron chi connectivity index (χ2n) is 3.14. The highest BCUT2D eigenvalue weighted by molar-refractivity contribution is 5.73. The predicted octanol–water partition coefficient (Wildman–Crippen LogP) is -0.891. The lowest BCUT2D eigenvalue weighted by molar-refractivity contribution is -0.130. The van der Waals surface area contributed by atoms with Crippen LogP contribution in [0.2, 0.25) is 0 Å². The van der Waals surface area contributed by atoms with Crippen LogP contribution in [0, 0.1) is 0 Å². The smallest absolute Gasteiger partial charge is 0.219 e. The maximum atomic E-state index is 10.9. The van der Waals surface area contributed by atoms with Crippen LogP contribution in [-0.4, -0.2) is 55.0 Å². The highest BCUT2D eigenvalue weighted by Crippen LogP contribution is 2.00. The molecular weight excluding hydrogens is 154 g/mol. The molecule has 4 heteroatoms. The van der Waals surface area contributed by atoms with Crippen molar-refractivity contribution in [1.82, 2.24) is 9.80 Å². The minimum absolute atomic E-state index is 0.183. The number of nitrogens with two attached hydrogens (primary N) is 1. The Kier molecular flexibility index (Phi) is 3.49. The Morgan fingerprint density at radius 2 is 1.92 bits per heavy atom. The fourth-order valence-electron chi connectivity index (χ4n) is 1.47. The van der Waals surface area contributed by atoms with Gasteiger partial charge in [0.25, 0.3) is 0 Å². The van der Waals surface area contributed by atoms with Gasteiger partial charge in [-0.05, 0) is 0 Å². The molecule has 0 aliphatic carbocycles. The first-order valence-corrected chi connectivity index (χ1v) is 4.42. The molecule has 0 spiro atoms. The molecule has 0 bridgehead atoms. The molecular formula is C8H17N3O. The number of hydrogen-bond acceptors (Lipinski definition) is 3. The van der Waals surface area contributed by atoms with Crippen LogP contribution in [0.25, 0.3) is 0 Å². The highest BCUT2D eigenvalue weighted by Gasteiger charge is 2.17. The van der Waals surface area contributed by atoms with Gasteiger partial charge in [0.05, 0.1) is 0 Å². The Labute approximate surface area is 73.3 Å². The number of carbonyl (C=O) groups excluding carboxylic acids is 1. The van der Waals surface area contributed by atoms with Crippen LogP contribution in [0.5, 0.6) is 0 Å². The van der Waals surface area contributed by atoms with Gasteiger partial charge in [0.2, 0.25) is 5.91 Å². The van der Waals surface area contributed by atoms with Crippen LogP contribution in [-0.2, 0) is 4.79 Å². The van der Waals surface area contributed by atoms with Crippen molar-refractivity contribution in [1.29, 1.82) is 0 Å². The molecule has 1 heterocycles. The molecule has 0 unspecified atom stereocenters. The number of nitrogens with zero attached hydrogens (tertiary/aromatic N) is 2. The van der Waals surface area contributed by atoms with Gasteiger partial charge in [0, 0.05) is 46.2 Å². The molecule has 2 N–H and O–H groups in total. The van der Waals surface area contributed by atoms with Gasteiger partial charge in [-0.1, -0.05) is 0 Å². The predicted molar refractivity (Wildman–Crippen MR) is 47.7 cm³/mol. The summed E-state index contributed by atoms with van der Waals surface area (Å²) in [5.41, 5.74) is 5.43. The Balaban J connectivity index is 2.25. The molecule has 4 nitrogen and oxygen atoms in total. The zero-order valence-electron chi connectivity index (χ0n) is 7.62. The zero-order chi connectivity index (χ0) is 8.97. The number of piperazine rings is 1. The Hall–Kier alpha value is -0.610. The van der Waals surface area contributed by atoms with E-state index in [1.54, 1.807) is 6.92 Å². The van der Waals surface area contributed by atoms with E-state index in [1.165, 1.54) is 0 Å². The summed E-state index contributed by atoms with van der Waals surface area (Å²) in [7, 11) is 0. The number of hydrogen-bond donors (Lipinski definition) is 1. The lowest BCUT2D eigenvalue weighted by atomic mass is 10.3. The molecule has 1 saturated heterocycles. The van der Waals surface area contributed by atoms with Crippen molar-refractivity contribution in [2.75, 3.05) is 39.3 Å². The average Bonchev–Trinajstić information content (AvgIpc) is 2.06. The normalized spacial score (nSPS) is 19.7. The van der Waals surface area contributed by atoms with Gasteiger partial charge in [-0.3, -0.25) is 9.69 Å². The largest absolute Gasteiger partial charge is 0.340 e. The molecule has 0 atom stereocenters. The molecule has 0 saturated carbocycles. The van der Waals surface area contributed by atoms with Gasteiger partial charge in [-0.25, -0.2) is 0 Å². The third-order valence-electron chi connectivity index (χ3n) is 2.26. The van der Waals surface area contributed by atoms with E-state index < -0.39 is 0 Å². The topological polar surface area (TPSA) is 49.6 Å². The van der Waals surface area contributed by atoms with E-state index in [0.717, 1.165) is 32.7 Å². The lowest BCUT2D eigenvalue weighted by Gasteiger charge is -2.33. The monoisotopic (exact) mass is 171 g/mol. The summed E-state index contributed by atoms with van der Waals surface area (Å²) in [5, 5.41) is 0. The maximum absolute atomic E-state index is 10.9. The average molecular weight is 171 g/mol. The SMILES string of the molecule is CC(=O)N1CCN(CCN)CC1. The summed E-state index contributed by atoms with van der Waals surface area (Å²) >= 11 is 0. The molecule has 12 heavy (non-hydrogen) atoms. The van der Waals surface area contributed by atoms with Crippen LogP contribution in [0.15, 0.2) is 0 Å². The van der Waals surface area contributed by atoms with Gasteiger partial charge in [0.1, 0.15) is 0 Å². The number of rotatable bonds is 2. The van der Waals surface area contributed by atoms with Crippen LogP contribution >= 0.6 is 0 Å². The summed E-state index contributed by atoms with van der Waals surface area (Å²) in [6.07, 6.45) is 0. The molecule has 1 rings (SSSR count). The summed E-state index contributed by atoms with van der Waals surface area (Å²) < 4.78 is 0. The van der Waals surface area contributed by atoms with Gasteiger partial charge in [-0.2, -0.15) is 0 Å². The van der Waals surface area contributed by atoms with Gasteiger partial charge in [-0.15, -0.1) is 0 Å². The first-order chi connectivity index (χ1) is 5.74. The third kappa shape index (κ3) is 2.46. The molecule has 1 amide bonds. The summed E-state index contributed by atoms with van der Waals surface area (Å²) in [5.74, 6) is 0.183. The van der Waals surface area contributed by atoms with E-state index in [4.69, 9.17) is 5.73 Å². The van der Waals surface area contributed by atoms with Crippen LogP contribution in [0.4, 0.5) is 0 Å². The summed E-state index contributed by atoms with van der Waals surface area (Å²) in [6, 6.07) is 0. The fourth-order valence-corrected chi connectivity index (χ4v) is 1.47. The Morgan fingerprint density at radius 3 is 2.33 bits per heavy atom. The van der Waals surface area contributed by atoms with Crippen molar-refractivity contribution in [2.45, 2.75) is 6.92 Å². The summed E-state index contributed by atoms with van der Waals surface area (Å²) in [6.45, 7) is 6.93. The van der Waals surface area contributed by atoms with Crippen molar-refractivity contribution >= 4 is 5.91 Å². The first kappa shape index (κ1) is 9.48. The lowest BCUT2D eigenvalue weighted by Crippen LogP contribution is -2.49. The van der Waals surface area contributed by atoms with Crippen molar-refractivity contribution in [3.8, 4) is 0 Å². The van der Waals surface area contributed by atoms with E-state index in [-0.39, 0.29) is 5.91 Å². The molecule has 70 valence electrons. The molecule has 0 aromatic heterocycles. The first-order valence-electron chi connectivity index (χ1n) is 4.42. The molecule has 0 aromatic rings. The molecule has 1 fully saturated rings. The molecule has 0 aromatic carbocycles. The zero-order valence-corrected chi connectivity index (χ0v) is 7.62. The maximum Gasteiger partial charge on any atom is 0.219 e. The van der Waals surface area contributed by atoms with Crippen LogP contribution < -0.4 is 5.73 Å². The standard InChI is InChI=1S/C8H17N3O/c1-8(12)11-6-4-10(3-2-9)5-7-11/h2-7,9H2,1H3. The second kappa shape index (κ2) is 4.42. The van der Waals surface area contributed by atoms with E-state index >= 15 is 0 Å². The second-order valence-corrected chi connectivity index (χ2v) is 3.14. The van der Waals surface area contributed by atoms with Gasteiger partial charge >= 0.3 is 0 Å². The van der Waals surface area contributed by atoms with Crippen molar-refractivity contribution in [2.24, 2.45) is 5.73 Å². The van der Waals surface area contributed by atoms with Crippen molar-refractivity contribution in [3.63, 3.8) is 0 Å². The van der Waals surface area contributed by atoms with Crippen LogP contribution in [0.1, 0.15) is 6.92 Å². The summed E-state index contributed by atoms with van der Waals surface area (Å²) in [4.78, 5) is 15.1. The van der Waals surface area contributed by atoms with E-state index in [9.17, 15) is 4.79 Å². The van der Waals surface area contributed by atoms with E-state index in [0.29, 0.717) is 6.54 Å². The highest BCUT2D eigenvalue weighted by atomic mass is 16.2. The van der Waals surface area contributed by atoms with Gasteiger partial charge in [0.15, 0.2) is 0 Å². The minimum Gasteiger partial charge on any atom is -0.340 e. The van der Waals surface area contributed by atoms with Gasteiger partial charge < -0.3 is 10.6 Å². The Bertz CT molecular complexity index is 152. The quantitative estimate of drug-likeness (QED) is 0.586. The van der Waals surface area contributed by atoms with E-state index in [1.807, 2.05) is 4.90 Å². The molecule has 1 aliphatic rings. The van der Waals surface area contributed by atoms with Crippen LogP contribution in [0.3, 0.4) is 0 Å².